The maximum atomic E-state index is 12.9. The van der Waals surface area contributed by atoms with Crippen LogP contribution in [-0.4, -0.2) is 92.3 Å². The van der Waals surface area contributed by atoms with E-state index in [0.29, 0.717) is 5.69 Å². The van der Waals surface area contributed by atoms with Gasteiger partial charge in [0, 0.05) is 30.6 Å². The molecule has 0 aliphatic heterocycles. The van der Waals surface area contributed by atoms with E-state index in [2.05, 4.69) is 43.5 Å². The number of H-pyrrole nitrogens is 1. The molecule has 0 saturated carbocycles. The third-order valence-electron chi connectivity index (χ3n) is 4.72. The zero-order valence-corrected chi connectivity index (χ0v) is 20.1. The average Bonchev–Trinajstić information content (AvgIpc) is 3.31. The van der Waals surface area contributed by atoms with Gasteiger partial charge in [-0.05, 0) is 12.8 Å². The molecule has 1 aromatic rings. The van der Waals surface area contributed by atoms with Gasteiger partial charge in [-0.25, -0.2) is 9.78 Å². The number of carboxylic acids is 2. The van der Waals surface area contributed by atoms with Crippen LogP contribution in [0, 0.1) is 0 Å². The van der Waals surface area contributed by atoms with Gasteiger partial charge < -0.3 is 48.3 Å². The zero-order valence-electron chi connectivity index (χ0n) is 19.2. The number of hydrogen-bond donors (Lipinski definition) is 10. The van der Waals surface area contributed by atoms with Crippen molar-refractivity contribution < 1.29 is 34.2 Å². The first-order chi connectivity index (χ1) is 16.9. The number of carboxylic acid groups (broad SMARTS) is 2. The minimum atomic E-state index is -1.41. The third kappa shape index (κ3) is 11.0. The molecule has 0 fully saturated rings. The molecule has 3 amide bonds. The van der Waals surface area contributed by atoms with E-state index in [1.54, 1.807) is 0 Å². The molecular formula is C19H31N9O7S. The van der Waals surface area contributed by atoms with E-state index in [9.17, 15) is 29.1 Å². The first kappa shape index (κ1) is 30.2. The van der Waals surface area contributed by atoms with E-state index in [0.717, 1.165) is 0 Å². The lowest BCUT2D eigenvalue weighted by molar-refractivity contribution is -0.142. The molecule has 1 heterocycles. The van der Waals surface area contributed by atoms with Crippen molar-refractivity contribution in [1.82, 2.24) is 25.9 Å². The molecule has 4 atom stereocenters. The largest absolute Gasteiger partial charge is 0.481 e. The Bertz CT molecular complexity index is 938. The summed E-state index contributed by atoms with van der Waals surface area (Å²) in [7, 11) is 0. The van der Waals surface area contributed by atoms with Crippen LogP contribution in [0.25, 0.3) is 0 Å². The van der Waals surface area contributed by atoms with Crippen LogP contribution in [0.2, 0.25) is 0 Å². The number of aliphatic imine (C=N–C) groups is 1. The van der Waals surface area contributed by atoms with E-state index in [1.807, 2.05) is 0 Å². The van der Waals surface area contributed by atoms with Crippen LogP contribution >= 0.6 is 12.6 Å². The average molecular weight is 530 g/mol. The molecule has 0 aliphatic rings. The Kier molecular flexibility index (Phi) is 12.7. The Hall–Kier alpha value is -3.86. The van der Waals surface area contributed by atoms with Gasteiger partial charge in [0.1, 0.15) is 18.1 Å². The summed E-state index contributed by atoms with van der Waals surface area (Å²) in [5.41, 5.74) is 16.5. The maximum absolute atomic E-state index is 12.9. The number of hydrogen-bond acceptors (Lipinski definition) is 9. The predicted molar refractivity (Wildman–Crippen MR) is 130 cm³/mol. The highest BCUT2D eigenvalue weighted by Gasteiger charge is 2.30. The monoisotopic (exact) mass is 529 g/mol. The summed E-state index contributed by atoms with van der Waals surface area (Å²) >= 11 is 4.02. The number of thiol groups is 1. The zero-order chi connectivity index (χ0) is 27.3. The summed E-state index contributed by atoms with van der Waals surface area (Å²) in [5.74, 6) is -5.49. The fourth-order valence-electron chi connectivity index (χ4n) is 2.89. The van der Waals surface area contributed by atoms with Crippen LogP contribution in [0.4, 0.5) is 0 Å². The molecular weight excluding hydrogens is 498 g/mol. The van der Waals surface area contributed by atoms with Gasteiger partial charge in [0.25, 0.3) is 0 Å². The molecule has 0 bridgehead atoms. The van der Waals surface area contributed by atoms with Crippen LogP contribution in [0.3, 0.4) is 0 Å². The van der Waals surface area contributed by atoms with Gasteiger partial charge in [-0.3, -0.25) is 24.2 Å². The Labute approximate surface area is 211 Å². The normalized spacial score (nSPS) is 13.9. The predicted octanol–water partition coefficient (Wildman–Crippen LogP) is -3.72. The standard InChI is InChI=1S/C19H31N9O7S/c20-10(5-14(29)30)15(31)28-13(7-36)17(33)26-11(2-1-3-24-19(21)22)16(32)27-12(18(34)35)4-9-6-23-8-25-9/h6,8,10-13,36H,1-5,7,20H2,(H,23,25)(H,26,33)(H,27,32)(H,28,31)(H,29,30)(H,34,35)(H4,21,22,24)/t10-,11-,12-,13-/m0/s1. The fraction of sp³-hybridized carbons (Fsp3) is 0.526. The molecule has 0 radical (unpaired) electrons. The summed E-state index contributed by atoms with van der Waals surface area (Å²) in [6, 6.07) is -5.21. The first-order valence-electron chi connectivity index (χ1n) is 10.7. The van der Waals surface area contributed by atoms with E-state index in [-0.39, 0.29) is 37.5 Å². The number of aromatic amines is 1. The molecule has 0 spiro atoms. The number of aliphatic carboxylic acids is 2. The van der Waals surface area contributed by atoms with Crippen LogP contribution in [0.1, 0.15) is 25.0 Å². The van der Waals surface area contributed by atoms with Crippen LogP contribution in [0.5, 0.6) is 0 Å². The number of guanidine groups is 1. The van der Waals surface area contributed by atoms with Crippen molar-refractivity contribution >= 4 is 48.2 Å². The molecule has 200 valence electrons. The second kappa shape index (κ2) is 15.2. The van der Waals surface area contributed by atoms with Gasteiger partial charge >= 0.3 is 11.9 Å². The molecule has 1 aromatic heterocycles. The van der Waals surface area contributed by atoms with E-state index in [4.69, 9.17) is 22.3 Å². The van der Waals surface area contributed by atoms with Crippen molar-refractivity contribution in [3.05, 3.63) is 18.2 Å². The van der Waals surface area contributed by atoms with E-state index in [1.165, 1.54) is 12.5 Å². The lowest BCUT2D eigenvalue weighted by Gasteiger charge is -2.24. The number of carbonyl (C=O) groups excluding carboxylic acids is 3. The molecule has 0 unspecified atom stereocenters. The summed E-state index contributed by atoms with van der Waals surface area (Å²) < 4.78 is 0. The fourth-order valence-corrected chi connectivity index (χ4v) is 3.14. The molecule has 12 N–H and O–H groups in total. The van der Waals surface area contributed by atoms with Crippen molar-refractivity contribution in [2.45, 2.75) is 49.9 Å². The number of carbonyl (C=O) groups is 5. The summed E-state index contributed by atoms with van der Waals surface area (Å²) in [5, 5.41) is 25.4. The van der Waals surface area contributed by atoms with Crippen LogP contribution in [0.15, 0.2) is 17.5 Å². The highest BCUT2D eigenvalue weighted by Crippen LogP contribution is 2.04. The Morgan fingerprint density at radius 1 is 1.03 bits per heavy atom. The van der Waals surface area contributed by atoms with Crippen molar-refractivity contribution in [2.75, 3.05) is 12.3 Å². The SMILES string of the molecule is NC(N)=NCCC[C@H](NC(=O)[C@H](CS)NC(=O)[C@@H](N)CC(=O)O)C(=O)N[C@@H](Cc1cnc[nH]1)C(=O)O. The lowest BCUT2D eigenvalue weighted by Crippen LogP contribution is -2.58. The van der Waals surface area contributed by atoms with Gasteiger partial charge in [0.05, 0.1) is 18.8 Å². The molecule has 17 heteroatoms. The van der Waals surface area contributed by atoms with Gasteiger partial charge in [-0.1, -0.05) is 0 Å². The first-order valence-corrected chi connectivity index (χ1v) is 11.3. The minimum absolute atomic E-state index is 0.0243. The number of nitrogens with one attached hydrogen (secondary N) is 4. The molecule has 16 nitrogen and oxygen atoms in total. The number of amides is 3. The van der Waals surface area contributed by atoms with Crippen molar-refractivity contribution in [3.63, 3.8) is 0 Å². The topological polar surface area (TPSA) is 281 Å². The summed E-state index contributed by atoms with van der Waals surface area (Å²) in [4.78, 5) is 70.6. The van der Waals surface area contributed by atoms with E-state index < -0.39 is 60.2 Å². The lowest BCUT2D eigenvalue weighted by atomic mass is 10.1. The minimum Gasteiger partial charge on any atom is -0.481 e. The molecule has 0 aliphatic carbocycles. The summed E-state index contributed by atoms with van der Waals surface area (Å²) in [6.45, 7) is 0.134. The number of nitrogens with zero attached hydrogens (tertiary/aromatic N) is 2. The molecule has 0 saturated heterocycles. The van der Waals surface area contributed by atoms with Gasteiger partial charge in [0.2, 0.25) is 17.7 Å². The highest BCUT2D eigenvalue weighted by atomic mass is 32.1. The summed E-state index contributed by atoms with van der Waals surface area (Å²) in [6.07, 6.45) is 2.29. The van der Waals surface area contributed by atoms with Gasteiger partial charge in [-0.2, -0.15) is 12.6 Å². The Morgan fingerprint density at radius 3 is 2.17 bits per heavy atom. The Balaban J connectivity index is 2.94. The Morgan fingerprint density at radius 2 is 1.64 bits per heavy atom. The second-order valence-electron chi connectivity index (χ2n) is 7.64. The van der Waals surface area contributed by atoms with Crippen LogP contribution in [-0.2, 0) is 30.4 Å². The number of rotatable bonds is 16. The van der Waals surface area contributed by atoms with Crippen molar-refractivity contribution in [2.24, 2.45) is 22.2 Å². The van der Waals surface area contributed by atoms with Crippen molar-refractivity contribution in [1.29, 1.82) is 0 Å². The third-order valence-corrected chi connectivity index (χ3v) is 5.08. The smallest absolute Gasteiger partial charge is 0.326 e. The van der Waals surface area contributed by atoms with Gasteiger partial charge in [0.15, 0.2) is 5.96 Å². The molecule has 36 heavy (non-hydrogen) atoms. The number of nitrogens with two attached hydrogens (primary N) is 3. The van der Waals surface area contributed by atoms with E-state index >= 15 is 0 Å². The van der Waals surface area contributed by atoms with Crippen molar-refractivity contribution in [3.8, 4) is 0 Å². The number of aromatic nitrogens is 2. The highest BCUT2D eigenvalue weighted by molar-refractivity contribution is 7.80. The second-order valence-corrected chi connectivity index (χ2v) is 8.00. The maximum Gasteiger partial charge on any atom is 0.326 e. The number of imidazole rings is 1. The molecule has 1 rings (SSSR count). The molecule has 0 aromatic carbocycles. The van der Waals surface area contributed by atoms with Gasteiger partial charge in [-0.15, -0.1) is 0 Å². The van der Waals surface area contributed by atoms with Crippen LogP contribution < -0.4 is 33.2 Å². The quantitative estimate of drug-likeness (QED) is 0.0430.